The van der Waals surface area contributed by atoms with Gasteiger partial charge in [0.25, 0.3) is 0 Å². The van der Waals surface area contributed by atoms with E-state index in [4.69, 9.17) is 9.47 Å². The van der Waals surface area contributed by atoms with Crippen molar-refractivity contribution in [2.75, 3.05) is 0 Å². The number of esters is 1. The first-order chi connectivity index (χ1) is 14.2. The first-order valence-electron chi connectivity index (χ1n) is 9.35. The minimum Gasteiger partial charge on any atom is -0.506 e. The number of benzene rings is 4. The van der Waals surface area contributed by atoms with Crippen molar-refractivity contribution in [3.05, 3.63) is 108 Å². The van der Waals surface area contributed by atoms with Gasteiger partial charge < -0.3 is 14.6 Å². The van der Waals surface area contributed by atoms with Gasteiger partial charge in [0.15, 0.2) is 0 Å². The molecule has 4 aromatic carbocycles. The van der Waals surface area contributed by atoms with Crippen LogP contribution in [0.5, 0.6) is 11.5 Å². The third-order valence-corrected chi connectivity index (χ3v) is 4.65. The number of phenolic OH excluding ortho intramolecular Hbond substituents is 1. The maximum Gasteiger partial charge on any atom is 0.342 e. The van der Waals surface area contributed by atoms with Gasteiger partial charge in [0, 0.05) is 10.8 Å². The van der Waals surface area contributed by atoms with Crippen LogP contribution in [0.15, 0.2) is 91.0 Å². The number of ether oxygens (including phenoxy) is 2. The molecular weight excluding hydrogens is 364 g/mol. The predicted molar refractivity (Wildman–Crippen MR) is 112 cm³/mol. The fourth-order valence-electron chi connectivity index (χ4n) is 3.14. The molecule has 0 fully saturated rings. The molecule has 0 heterocycles. The summed E-state index contributed by atoms with van der Waals surface area (Å²) in [6, 6.07) is 28.0. The molecule has 0 aliphatic rings. The van der Waals surface area contributed by atoms with Crippen LogP contribution in [0.1, 0.15) is 21.5 Å². The van der Waals surface area contributed by atoms with Gasteiger partial charge in [0.1, 0.15) is 30.3 Å². The first kappa shape index (κ1) is 18.6. The number of hydrogen-bond acceptors (Lipinski definition) is 4. The summed E-state index contributed by atoms with van der Waals surface area (Å²) < 4.78 is 11.4. The second kappa shape index (κ2) is 8.48. The summed E-state index contributed by atoms with van der Waals surface area (Å²) in [5.74, 6) is -0.179. The normalized spacial score (nSPS) is 10.6. The minimum absolute atomic E-state index is 0.0858. The molecule has 29 heavy (non-hydrogen) atoms. The highest BCUT2D eigenvalue weighted by atomic mass is 16.5. The molecule has 4 aromatic rings. The number of carbonyl (C=O) groups excluding carboxylic acids is 1. The monoisotopic (exact) mass is 384 g/mol. The molecule has 0 saturated carbocycles. The summed E-state index contributed by atoms with van der Waals surface area (Å²) in [6.07, 6.45) is 0. The standard InChI is InChI=1S/C25H20O4/c26-24-21-14-8-7-13-20(21)23(28-16-18-9-3-1-4-10-18)15-22(24)25(27)29-17-19-11-5-2-6-12-19/h1-15,26H,16-17H2. The Labute approximate surface area is 169 Å². The summed E-state index contributed by atoms with van der Waals surface area (Å²) in [4.78, 5) is 12.7. The third kappa shape index (κ3) is 4.22. The Morgan fingerprint density at radius 3 is 1.93 bits per heavy atom. The van der Waals surface area contributed by atoms with Crippen molar-refractivity contribution in [2.24, 2.45) is 0 Å². The lowest BCUT2D eigenvalue weighted by molar-refractivity contribution is 0.0469. The Bertz CT molecular complexity index is 1120. The lowest BCUT2D eigenvalue weighted by atomic mass is 10.0. The fourth-order valence-corrected chi connectivity index (χ4v) is 3.14. The van der Waals surface area contributed by atoms with E-state index in [0.29, 0.717) is 17.7 Å². The average Bonchev–Trinajstić information content (AvgIpc) is 2.78. The molecule has 1 N–H and O–H groups in total. The van der Waals surface area contributed by atoms with Crippen LogP contribution in [0, 0.1) is 0 Å². The van der Waals surface area contributed by atoms with E-state index in [1.54, 1.807) is 12.1 Å². The number of hydrogen-bond donors (Lipinski definition) is 1. The van der Waals surface area contributed by atoms with E-state index in [1.807, 2.05) is 78.9 Å². The van der Waals surface area contributed by atoms with Crippen molar-refractivity contribution in [1.82, 2.24) is 0 Å². The Hall–Kier alpha value is -3.79. The Morgan fingerprint density at radius 1 is 0.724 bits per heavy atom. The van der Waals surface area contributed by atoms with Crippen LogP contribution in [-0.4, -0.2) is 11.1 Å². The molecule has 144 valence electrons. The molecular formula is C25H20O4. The van der Waals surface area contributed by atoms with Crippen LogP contribution >= 0.6 is 0 Å². The van der Waals surface area contributed by atoms with Crippen LogP contribution in [-0.2, 0) is 18.0 Å². The lowest BCUT2D eigenvalue weighted by Gasteiger charge is -2.14. The van der Waals surface area contributed by atoms with Crippen molar-refractivity contribution in [1.29, 1.82) is 0 Å². The van der Waals surface area contributed by atoms with Gasteiger partial charge in [0.05, 0.1) is 0 Å². The van der Waals surface area contributed by atoms with E-state index in [2.05, 4.69) is 0 Å². The van der Waals surface area contributed by atoms with Gasteiger partial charge in [-0.15, -0.1) is 0 Å². The molecule has 0 aliphatic carbocycles. The fraction of sp³-hybridized carbons (Fsp3) is 0.0800. The smallest absolute Gasteiger partial charge is 0.342 e. The lowest BCUT2D eigenvalue weighted by Crippen LogP contribution is -2.07. The van der Waals surface area contributed by atoms with E-state index in [-0.39, 0.29) is 17.9 Å². The molecule has 0 aliphatic heterocycles. The maximum atomic E-state index is 12.7. The molecule has 0 bridgehead atoms. The van der Waals surface area contributed by atoms with Crippen molar-refractivity contribution in [3.63, 3.8) is 0 Å². The van der Waals surface area contributed by atoms with Crippen LogP contribution in [0.2, 0.25) is 0 Å². The number of aromatic hydroxyl groups is 1. The van der Waals surface area contributed by atoms with E-state index in [1.165, 1.54) is 0 Å². The van der Waals surface area contributed by atoms with Gasteiger partial charge in [0.2, 0.25) is 0 Å². The van der Waals surface area contributed by atoms with Gasteiger partial charge in [-0.3, -0.25) is 0 Å². The average molecular weight is 384 g/mol. The zero-order chi connectivity index (χ0) is 20.1. The predicted octanol–water partition coefficient (Wildman–Crippen LogP) is 5.48. The highest BCUT2D eigenvalue weighted by Gasteiger charge is 2.19. The molecule has 4 nitrogen and oxygen atoms in total. The number of rotatable bonds is 6. The summed E-state index contributed by atoms with van der Waals surface area (Å²) in [5.41, 5.74) is 1.97. The zero-order valence-electron chi connectivity index (χ0n) is 15.7. The largest absolute Gasteiger partial charge is 0.506 e. The van der Waals surface area contributed by atoms with Crippen molar-refractivity contribution >= 4 is 16.7 Å². The highest BCUT2D eigenvalue weighted by Crippen LogP contribution is 2.36. The van der Waals surface area contributed by atoms with E-state index in [9.17, 15) is 9.90 Å². The van der Waals surface area contributed by atoms with Crippen molar-refractivity contribution in [2.45, 2.75) is 13.2 Å². The van der Waals surface area contributed by atoms with Crippen LogP contribution in [0.4, 0.5) is 0 Å². The molecule has 0 amide bonds. The van der Waals surface area contributed by atoms with Gasteiger partial charge in [-0.2, -0.15) is 0 Å². The highest BCUT2D eigenvalue weighted by molar-refractivity contribution is 6.03. The molecule has 0 spiro atoms. The third-order valence-electron chi connectivity index (χ3n) is 4.65. The van der Waals surface area contributed by atoms with Gasteiger partial charge in [-0.1, -0.05) is 84.9 Å². The number of phenols is 1. The molecule has 4 rings (SSSR count). The van der Waals surface area contributed by atoms with E-state index >= 15 is 0 Å². The maximum absolute atomic E-state index is 12.7. The Morgan fingerprint density at radius 2 is 1.28 bits per heavy atom. The van der Waals surface area contributed by atoms with Gasteiger partial charge >= 0.3 is 5.97 Å². The minimum atomic E-state index is -0.596. The van der Waals surface area contributed by atoms with Crippen molar-refractivity contribution in [3.8, 4) is 11.5 Å². The van der Waals surface area contributed by atoms with E-state index < -0.39 is 5.97 Å². The summed E-state index contributed by atoms with van der Waals surface area (Å²) in [5, 5.41) is 12.0. The van der Waals surface area contributed by atoms with E-state index in [0.717, 1.165) is 16.5 Å². The van der Waals surface area contributed by atoms with Crippen LogP contribution < -0.4 is 4.74 Å². The number of carbonyl (C=O) groups is 1. The first-order valence-corrected chi connectivity index (χ1v) is 9.35. The quantitative estimate of drug-likeness (QED) is 0.447. The van der Waals surface area contributed by atoms with Crippen LogP contribution in [0.25, 0.3) is 10.8 Å². The van der Waals surface area contributed by atoms with Gasteiger partial charge in [-0.05, 0) is 17.2 Å². The summed E-state index contributed by atoms with van der Waals surface area (Å²) in [7, 11) is 0. The Balaban J connectivity index is 1.63. The number of fused-ring (bicyclic) bond motifs is 1. The summed E-state index contributed by atoms with van der Waals surface area (Å²) >= 11 is 0. The second-order valence-corrected chi connectivity index (χ2v) is 6.65. The zero-order valence-corrected chi connectivity index (χ0v) is 15.7. The van der Waals surface area contributed by atoms with Crippen LogP contribution in [0.3, 0.4) is 0 Å². The molecule has 0 atom stereocenters. The SMILES string of the molecule is O=C(OCc1ccccc1)c1cc(OCc2ccccc2)c2ccccc2c1O. The molecule has 0 aromatic heterocycles. The second-order valence-electron chi connectivity index (χ2n) is 6.65. The molecule has 0 unspecified atom stereocenters. The van der Waals surface area contributed by atoms with Gasteiger partial charge in [-0.25, -0.2) is 4.79 Å². The summed E-state index contributed by atoms with van der Waals surface area (Å²) in [6.45, 7) is 0.486. The Kier molecular flexibility index (Phi) is 5.43. The topological polar surface area (TPSA) is 55.8 Å². The molecule has 0 saturated heterocycles. The van der Waals surface area contributed by atoms with Crippen molar-refractivity contribution < 1.29 is 19.4 Å². The molecule has 0 radical (unpaired) electrons. The molecule has 4 heteroatoms.